The lowest BCUT2D eigenvalue weighted by atomic mass is 10.0. The molecule has 10 heteroatoms. The predicted octanol–water partition coefficient (Wildman–Crippen LogP) is 3.58. The highest BCUT2D eigenvalue weighted by atomic mass is 19.1. The SMILES string of the molecule is COc1ccc(C(=O)N(CCN2CCOCC2)CC(=O)N2N=C(c3ccc(F)cc3)C[C@@H]2c2ccco2)cc1. The van der Waals surface area contributed by atoms with E-state index in [1.54, 1.807) is 66.8 Å². The summed E-state index contributed by atoms with van der Waals surface area (Å²) >= 11 is 0. The molecule has 1 saturated heterocycles. The summed E-state index contributed by atoms with van der Waals surface area (Å²) in [7, 11) is 1.57. The number of furan rings is 1. The first-order chi connectivity index (χ1) is 19.0. The summed E-state index contributed by atoms with van der Waals surface area (Å²) < 4.78 is 29.8. The molecule has 3 aromatic rings. The molecule has 2 aliphatic heterocycles. The van der Waals surface area contributed by atoms with Gasteiger partial charge in [-0.15, -0.1) is 0 Å². The standard InChI is InChI=1S/C29H31FN4O5/c1-37-24-10-6-22(7-11-24)29(36)33(13-12-32-14-17-38-18-15-32)20-28(35)34-26(27-3-2-16-39-27)19-25(31-34)21-4-8-23(30)9-5-21/h2-11,16,26H,12-15,17-20H2,1H3/t26-/m1/s1. The van der Waals surface area contributed by atoms with E-state index < -0.39 is 6.04 Å². The highest BCUT2D eigenvalue weighted by molar-refractivity contribution is 6.03. The minimum absolute atomic E-state index is 0.160. The number of hydrazone groups is 1. The molecule has 0 unspecified atom stereocenters. The zero-order valence-corrected chi connectivity index (χ0v) is 21.8. The van der Waals surface area contributed by atoms with Crippen LogP contribution in [0.25, 0.3) is 0 Å². The highest BCUT2D eigenvalue weighted by Crippen LogP contribution is 2.33. The van der Waals surface area contributed by atoms with Gasteiger partial charge in [0.25, 0.3) is 11.8 Å². The van der Waals surface area contributed by atoms with Gasteiger partial charge in [-0.2, -0.15) is 5.10 Å². The summed E-state index contributed by atoms with van der Waals surface area (Å²) in [5.74, 6) is 0.294. The quantitative estimate of drug-likeness (QED) is 0.417. The predicted molar refractivity (Wildman–Crippen MR) is 142 cm³/mol. The second-order valence-electron chi connectivity index (χ2n) is 9.44. The van der Waals surface area contributed by atoms with E-state index in [4.69, 9.17) is 13.9 Å². The van der Waals surface area contributed by atoms with Gasteiger partial charge in [0, 0.05) is 38.2 Å². The van der Waals surface area contributed by atoms with Crippen LogP contribution >= 0.6 is 0 Å². The van der Waals surface area contributed by atoms with E-state index in [-0.39, 0.29) is 24.2 Å². The molecule has 0 bridgehead atoms. The molecule has 9 nitrogen and oxygen atoms in total. The normalized spacial score (nSPS) is 17.6. The molecule has 204 valence electrons. The Bertz CT molecular complexity index is 1290. The third-order valence-electron chi connectivity index (χ3n) is 6.96. The molecule has 1 fully saturated rings. The monoisotopic (exact) mass is 534 g/mol. The Hall–Kier alpha value is -4.02. The Morgan fingerprint density at radius 3 is 2.49 bits per heavy atom. The molecule has 1 aromatic heterocycles. The number of hydrogen-bond acceptors (Lipinski definition) is 7. The van der Waals surface area contributed by atoms with Crippen molar-refractivity contribution < 1.29 is 27.9 Å². The van der Waals surface area contributed by atoms with Gasteiger partial charge in [-0.05, 0) is 54.1 Å². The third-order valence-corrected chi connectivity index (χ3v) is 6.96. The smallest absolute Gasteiger partial charge is 0.262 e. The lowest BCUT2D eigenvalue weighted by molar-refractivity contribution is -0.134. The topological polar surface area (TPSA) is 87.8 Å². The van der Waals surface area contributed by atoms with Gasteiger partial charge in [0.2, 0.25) is 0 Å². The van der Waals surface area contributed by atoms with Crippen LogP contribution in [0.1, 0.15) is 34.1 Å². The number of benzene rings is 2. The van der Waals surface area contributed by atoms with Crippen LogP contribution in [0.2, 0.25) is 0 Å². The largest absolute Gasteiger partial charge is 0.497 e. The van der Waals surface area contributed by atoms with Crippen LogP contribution in [0.4, 0.5) is 4.39 Å². The maximum atomic E-state index is 13.7. The first-order valence-corrected chi connectivity index (χ1v) is 12.9. The first-order valence-electron chi connectivity index (χ1n) is 12.9. The Morgan fingerprint density at radius 2 is 1.82 bits per heavy atom. The van der Waals surface area contributed by atoms with Gasteiger partial charge in [-0.1, -0.05) is 12.1 Å². The number of carbonyl (C=O) groups is 2. The molecular weight excluding hydrogens is 503 g/mol. The van der Waals surface area contributed by atoms with Crippen LogP contribution in [0.3, 0.4) is 0 Å². The minimum atomic E-state index is -0.468. The molecule has 0 radical (unpaired) electrons. The fourth-order valence-corrected chi connectivity index (χ4v) is 4.75. The van der Waals surface area contributed by atoms with Crippen LogP contribution in [-0.2, 0) is 9.53 Å². The first kappa shape index (κ1) is 26.6. The van der Waals surface area contributed by atoms with Crippen molar-refractivity contribution in [3.8, 4) is 5.75 Å². The lowest BCUT2D eigenvalue weighted by Crippen LogP contribution is -2.46. The van der Waals surface area contributed by atoms with Crippen LogP contribution in [0.5, 0.6) is 5.75 Å². The summed E-state index contributed by atoms with van der Waals surface area (Å²) in [6, 6.07) is 15.9. The number of amides is 2. The molecule has 39 heavy (non-hydrogen) atoms. The van der Waals surface area contributed by atoms with Crippen LogP contribution in [0, 0.1) is 5.82 Å². The zero-order valence-electron chi connectivity index (χ0n) is 21.8. The highest BCUT2D eigenvalue weighted by Gasteiger charge is 2.36. The van der Waals surface area contributed by atoms with Crippen LogP contribution in [0.15, 0.2) is 76.4 Å². The number of ether oxygens (including phenoxy) is 2. The molecular formula is C29H31FN4O5. The van der Waals surface area contributed by atoms with Crippen molar-refractivity contribution in [1.29, 1.82) is 0 Å². The zero-order chi connectivity index (χ0) is 27.2. The molecule has 0 saturated carbocycles. The van der Waals surface area contributed by atoms with Crippen molar-refractivity contribution in [3.63, 3.8) is 0 Å². The van der Waals surface area contributed by atoms with Crippen molar-refractivity contribution in [3.05, 3.63) is 89.6 Å². The van der Waals surface area contributed by atoms with E-state index in [0.29, 0.717) is 55.5 Å². The number of nitrogens with zero attached hydrogens (tertiary/aromatic N) is 4. The summed E-state index contributed by atoms with van der Waals surface area (Å²) in [6.07, 6.45) is 1.96. The summed E-state index contributed by atoms with van der Waals surface area (Å²) in [4.78, 5) is 31.1. The Labute approximate surface area is 226 Å². The van der Waals surface area contributed by atoms with E-state index in [0.717, 1.165) is 18.7 Å². The van der Waals surface area contributed by atoms with E-state index in [1.165, 1.54) is 17.1 Å². The van der Waals surface area contributed by atoms with Crippen molar-refractivity contribution >= 4 is 17.5 Å². The summed E-state index contributed by atoms with van der Waals surface area (Å²) in [6.45, 7) is 3.66. The lowest BCUT2D eigenvalue weighted by Gasteiger charge is -2.31. The van der Waals surface area contributed by atoms with E-state index >= 15 is 0 Å². The molecule has 0 aliphatic carbocycles. The minimum Gasteiger partial charge on any atom is -0.497 e. The Morgan fingerprint density at radius 1 is 1.08 bits per heavy atom. The Kier molecular flexibility index (Phi) is 8.33. The second-order valence-corrected chi connectivity index (χ2v) is 9.44. The number of methoxy groups -OCH3 is 1. The van der Waals surface area contributed by atoms with Crippen LogP contribution < -0.4 is 4.74 Å². The Balaban J connectivity index is 1.38. The molecule has 0 N–H and O–H groups in total. The molecule has 2 aliphatic rings. The summed E-state index contributed by atoms with van der Waals surface area (Å²) in [5, 5.41) is 6.01. The third kappa shape index (κ3) is 6.35. The van der Waals surface area contributed by atoms with Crippen molar-refractivity contribution in [2.75, 3.05) is 53.0 Å². The number of hydrogen-bond donors (Lipinski definition) is 0. The van der Waals surface area contributed by atoms with Crippen molar-refractivity contribution in [2.24, 2.45) is 5.10 Å². The van der Waals surface area contributed by atoms with Gasteiger partial charge in [0.05, 0.1) is 32.3 Å². The molecule has 3 heterocycles. The molecule has 2 amide bonds. The molecule has 5 rings (SSSR count). The molecule has 0 spiro atoms. The average molecular weight is 535 g/mol. The number of carbonyl (C=O) groups excluding carboxylic acids is 2. The van der Waals surface area contributed by atoms with Gasteiger partial charge >= 0.3 is 0 Å². The number of morpholine rings is 1. The molecule has 1 atom stereocenters. The number of rotatable bonds is 9. The maximum Gasteiger partial charge on any atom is 0.262 e. The average Bonchev–Trinajstić information content (AvgIpc) is 3.66. The maximum absolute atomic E-state index is 13.7. The van der Waals surface area contributed by atoms with Gasteiger partial charge in [0.1, 0.15) is 29.9 Å². The van der Waals surface area contributed by atoms with Crippen molar-refractivity contribution in [1.82, 2.24) is 14.8 Å². The summed E-state index contributed by atoms with van der Waals surface area (Å²) in [5.41, 5.74) is 1.83. The second kappa shape index (κ2) is 12.2. The van der Waals surface area contributed by atoms with Gasteiger partial charge in [-0.25, -0.2) is 9.40 Å². The van der Waals surface area contributed by atoms with Gasteiger partial charge in [0.15, 0.2) is 0 Å². The van der Waals surface area contributed by atoms with Gasteiger partial charge < -0.3 is 18.8 Å². The van der Waals surface area contributed by atoms with Gasteiger partial charge in [-0.3, -0.25) is 14.5 Å². The fourth-order valence-electron chi connectivity index (χ4n) is 4.75. The fraction of sp³-hybridized carbons (Fsp3) is 0.345. The van der Waals surface area contributed by atoms with E-state index in [9.17, 15) is 14.0 Å². The van der Waals surface area contributed by atoms with E-state index in [2.05, 4.69) is 10.0 Å². The van der Waals surface area contributed by atoms with E-state index in [1.807, 2.05) is 0 Å². The number of halogens is 1. The van der Waals surface area contributed by atoms with Crippen molar-refractivity contribution in [2.45, 2.75) is 12.5 Å². The molecule has 2 aromatic carbocycles. The van der Waals surface area contributed by atoms with Crippen LogP contribution in [-0.4, -0.2) is 85.4 Å².